The largest absolute Gasteiger partial charge is 0.301 e. The Morgan fingerprint density at radius 3 is 1.88 bits per heavy atom. The zero-order chi connectivity index (χ0) is 17.5. The van der Waals surface area contributed by atoms with Crippen LogP contribution < -0.4 is 10.6 Å². The topological polar surface area (TPSA) is 24.1 Å². The predicted octanol–water partition coefficient (Wildman–Crippen LogP) is 5.43. The maximum absolute atomic E-state index is 13.4. The van der Waals surface area contributed by atoms with Crippen LogP contribution in [0.1, 0.15) is 90.4 Å². The Morgan fingerprint density at radius 2 is 1.28 bits per heavy atom. The van der Waals surface area contributed by atoms with Crippen LogP contribution in [0.4, 0.5) is 4.39 Å². The van der Waals surface area contributed by atoms with Crippen molar-refractivity contribution in [2.75, 3.05) is 13.1 Å². The molecule has 0 amide bonds. The molecule has 2 N–H and O–H groups in total. The molecule has 3 aliphatic rings. The van der Waals surface area contributed by atoms with Gasteiger partial charge < -0.3 is 10.6 Å². The number of hydrogen-bond acceptors (Lipinski definition) is 2. The number of halogens is 1. The van der Waals surface area contributed by atoms with E-state index in [9.17, 15) is 4.39 Å². The molecule has 0 spiro atoms. The highest BCUT2D eigenvalue weighted by Gasteiger charge is 2.34. The number of nitrogens with one attached hydrogen (secondary N) is 2. The summed E-state index contributed by atoms with van der Waals surface area (Å²) in [6.07, 6.45) is 16.4. The summed E-state index contributed by atoms with van der Waals surface area (Å²) < 4.78 is 13.4. The molecule has 0 unspecified atom stereocenters. The fourth-order valence-electron chi connectivity index (χ4n) is 5.63. The molecule has 2 saturated carbocycles. The molecule has 3 fully saturated rings. The standard InChI is InChI=1S/C22H41FN2/c1-2-3-4-5-6-17-15-24-22(25-16-17)20-9-7-18(8-10-20)19-11-13-21(23)14-12-19/h17-22,24-25H,2-16H2,1H3. The fraction of sp³-hybridized carbons (Fsp3) is 1.00. The van der Waals surface area contributed by atoms with Crippen molar-refractivity contribution in [2.45, 2.75) is 103 Å². The first-order chi connectivity index (χ1) is 12.3. The summed E-state index contributed by atoms with van der Waals surface area (Å²) in [5.41, 5.74) is 0. The Bertz CT molecular complexity index is 351. The van der Waals surface area contributed by atoms with Crippen LogP contribution in [0.25, 0.3) is 0 Å². The van der Waals surface area contributed by atoms with E-state index in [1.165, 1.54) is 70.9 Å². The normalized spacial score (nSPS) is 40.1. The van der Waals surface area contributed by atoms with Crippen LogP contribution in [-0.2, 0) is 0 Å². The minimum Gasteiger partial charge on any atom is -0.301 e. The summed E-state index contributed by atoms with van der Waals surface area (Å²) >= 11 is 0. The second-order valence-corrected chi connectivity index (χ2v) is 9.20. The molecule has 1 saturated heterocycles. The third kappa shape index (κ3) is 5.92. The summed E-state index contributed by atoms with van der Waals surface area (Å²) in [7, 11) is 0. The smallest absolute Gasteiger partial charge is 0.100 e. The average Bonchev–Trinajstić information content (AvgIpc) is 2.67. The van der Waals surface area contributed by atoms with Crippen molar-refractivity contribution >= 4 is 0 Å². The van der Waals surface area contributed by atoms with E-state index in [2.05, 4.69) is 17.6 Å². The van der Waals surface area contributed by atoms with Crippen molar-refractivity contribution in [3.05, 3.63) is 0 Å². The first kappa shape index (κ1) is 19.6. The molecule has 0 aromatic rings. The van der Waals surface area contributed by atoms with E-state index in [0.29, 0.717) is 6.17 Å². The molecule has 2 aliphatic carbocycles. The van der Waals surface area contributed by atoms with E-state index in [1.54, 1.807) is 0 Å². The molecule has 1 heterocycles. The maximum Gasteiger partial charge on any atom is 0.100 e. The summed E-state index contributed by atoms with van der Waals surface area (Å²) in [6.45, 7) is 4.71. The zero-order valence-electron chi connectivity index (χ0n) is 16.4. The van der Waals surface area contributed by atoms with E-state index in [0.717, 1.165) is 49.4 Å². The molecule has 0 bridgehead atoms. The van der Waals surface area contributed by atoms with Gasteiger partial charge in [0.15, 0.2) is 0 Å². The van der Waals surface area contributed by atoms with Gasteiger partial charge in [0, 0.05) is 13.1 Å². The van der Waals surface area contributed by atoms with Gasteiger partial charge in [-0.3, -0.25) is 0 Å². The first-order valence-corrected chi connectivity index (χ1v) is 11.4. The third-order valence-electron chi connectivity index (χ3n) is 7.37. The van der Waals surface area contributed by atoms with Crippen molar-refractivity contribution in [1.29, 1.82) is 0 Å². The molecule has 0 aromatic carbocycles. The fourth-order valence-corrected chi connectivity index (χ4v) is 5.63. The van der Waals surface area contributed by atoms with E-state index < -0.39 is 6.17 Å². The van der Waals surface area contributed by atoms with Crippen LogP contribution in [-0.4, -0.2) is 25.4 Å². The molecule has 3 heteroatoms. The van der Waals surface area contributed by atoms with E-state index in [4.69, 9.17) is 0 Å². The van der Waals surface area contributed by atoms with Gasteiger partial charge in [0.25, 0.3) is 0 Å². The summed E-state index contributed by atoms with van der Waals surface area (Å²) in [5, 5.41) is 7.64. The van der Waals surface area contributed by atoms with E-state index in [-0.39, 0.29) is 0 Å². The van der Waals surface area contributed by atoms with E-state index in [1.807, 2.05) is 0 Å². The quantitative estimate of drug-likeness (QED) is 0.597. The average molecular weight is 353 g/mol. The second-order valence-electron chi connectivity index (χ2n) is 9.20. The van der Waals surface area contributed by atoms with Crippen LogP contribution in [0.2, 0.25) is 0 Å². The van der Waals surface area contributed by atoms with Crippen LogP contribution in [0.5, 0.6) is 0 Å². The summed E-state index contributed by atoms with van der Waals surface area (Å²) in [4.78, 5) is 0. The van der Waals surface area contributed by atoms with Gasteiger partial charge in [0.05, 0.1) is 6.17 Å². The molecular weight excluding hydrogens is 311 g/mol. The van der Waals surface area contributed by atoms with Crippen LogP contribution >= 0.6 is 0 Å². The lowest BCUT2D eigenvalue weighted by molar-refractivity contribution is 0.105. The SMILES string of the molecule is CCCCCCC1CNC(C2CCC(C3CCC(F)CC3)CC2)NC1. The Kier molecular flexibility index (Phi) is 8.04. The lowest BCUT2D eigenvalue weighted by atomic mass is 9.70. The molecule has 25 heavy (non-hydrogen) atoms. The van der Waals surface area contributed by atoms with Crippen molar-refractivity contribution in [1.82, 2.24) is 10.6 Å². The highest BCUT2D eigenvalue weighted by Crippen LogP contribution is 2.41. The maximum atomic E-state index is 13.4. The molecule has 2 nitrogen and oxygen atoms in total. The molecular formula is C22H41FN2. The minimum absolute atomic E-state index is 0.502. The lowest BCUT2D eigenvalue weighted by Crippen LogP contribution is -2.56. The molecule has 146 valence electrons. The molecule has 0 aromatic heterocycles. The summed E-state index contributed by atoms with van der Waals surface area (Å²) in [5.74, 6) is 3.36. The highest BCUT2D eigenvalue weighted by atomic mass is 19.1. The van der Waals surface area contributed by atoms with Gasteiger partial charge >= 0.3 is 0 Å². The molecule has 0 atom stereocenters. The molecule has 0 radical (unpaired) electrons. The number of unbranched alkanes of at least 4 members (excludes halogenated alkanes) is 3. The van der Waals surface area contributed by atoms with Crippen LogP contribution in [0, 0.1) is 23.7 Å². The number of rotatable bonds is 7. The van der Waals surface area contributed by atoms with Crippen molar-refractivity contribution in [3.8, 4) is 0 Å². The monoisotopic (exact) mass is 352 g/mol. The third-order valence-corrected chi connectivity index (χ3v) is 7.37. The van der Waals surface area contributed by atoms with Gasteiger partial charge in [-0.1, -0.05) is 32.6 Å². The van der Waals surface area contributed by atoms with Crippen LogP contribution in [0.15, 0.2) is 0 Å². The van der Waals surface area contributed by atoms with Gasteiger partial charge in [-0.25, -0.2) is 4.39 Å². The Balaban J connectivity index is 1.31. The molecule has 3 rings (SSSR count). The predicted molar refractivity (Wildman–Crippen MR) is 104 cm³/mol. The Hall–Kier alpha value is -0.150. The van der Waals surface area contributed by atoms with Crippen molar-refractivity contribution < 1.29 is 4.39 Å². The lowest BCUT2D eigenvalue weighted by Gasteiger charge is -2.41. The second kappa shape index (κ2) is 10.3. The molecule has 1 aliphatic heterocycles. The zero-order valence-corrected chi connectivity index (χ0v) is 16.4. The first-order valence-electron chi connectivity index (χ1n) is 11.4. The van der Waals surface area contributed by atoms with Crippen molar-refractivity contribution in [3.63, 3.8) is 0 Å². The van der Waals surface area contributed by atoms with Crippen LogP contribution in [0.3, 0.4) is 0 Å². The Morgan fingerprint density at radius 1 is 0.720 bits per heavy atom. The van der Waals surface area contributed by atoms with Gasteiger partial charge in [-0.15, -0.1) is 0 Å². The van der Waals surface area contributed by atoms with Gasteiger partial charge in [0.1, 0.15) is 6.17 Å². The summed E-state index contributed by atoms with van der Waals surface area (Å²) in [6, 6.07) is 0. The van der Waals surface area contributed by atoms with Gasteiger partial charge in [0.2, 0.25) is 0 Å². The minimum atomic E-state index is -0.502. The van der Waals surface area contributed by atoms with E-state index >= 15 is 0 Å². The van der Waals surface area contributed by atoms with Gasteiger partial charge in [-0.2, -0.15) is 0 Å². The highest BCUT2D eigenvalue weighted by molar-refractivity contribution is 4.88. The van der Waals surface area contributed by atoms with Crippen molar-refractivity contribution in [2.24, 2.45) is 23.7 Å². The number of alkyl halides is 1. The van der Waals surface area contributed by atoms with Gasteiger partial charge in [-0.05, 0) is 81.5 Å². The number of hydrogen-bond donors (Lipinski definition) is 2. The Labute approximate surface area is 155 Å².